The minimum absolute atomic E-state index is 0.0593. The lowest BCUT2D eigenvalue weighted by atomic mass is 10.1. The molecule has 0 fully saturated rings. The Morgan fingerprint density at radius 2 is 1.89 bits per heavy atom. The fraction of sp³-hybridized carbons (Fsp3) is 0.500. The third-order valence-corrected chi connectivity index (χ3v) is 2.97. The molecular weight excluding hydrogens is 230 g/mol. The molecule has 4 heteroatoms. The topological polar surface area (TPSA) is 38.8 Å². The van der Waals surface area contributed by atoms with Gasteiger partial charge in [0.2, 0.25) is 0 Å². The number of carbonyl (C=O) groups is 1. The van der Waals surface area contributed by atoms with Crippen molar-refractivity contribution in [3.8, 4) is 5.75 Å². The van der Waals surface area contributed by atoms with E-state index in [0.29, 0.717) is 6.54 Å². The molecule has 0 heterocycles. The van der Waals surface area contributed by atoms with Gasteiger partial charge in [0.05, 0.1) is 7.11 Å². The van der Waals surface area contributed by atoms with Crippen molar-refractivity contribution in [3.05, 3.63) is 29.8 Å². The summed E-state index contributed by atoms with van der Waals surface area (Å²) in [5.74, 6) is 0.725. The Bertz CT molecular complexity index is 415. The highest BCUT2D eigenvalue weighted by Crippen LogP contribution is 2.20. The van der Waals surface area contributed by atoms with Gasteiger partial charge >= 0.3 is 0 Å². The zero-order valence-electron chi connectivity index (χ0n) is 11.7. The zero-order valence-corrected chi connectivity index (χ0v) is 11.7. The predicted octanol–water partition coefficient (Wildman–Crippen LogP) is 2.08. The highest BCUT2D eigenvalue weighted by Gasteiger charge is 2.30. The van der Waals surface area contributed by atoms with Gasteiger partial charge in [-0.3, -0.25) is 4.79 Å². The van der Waals surface area contributed by atoms with Gasteiger partial charge in [-0.15, -0.1) is 0 Å². The molecule has 0 atom stereocenters. The Hall–Kier alpha value is -1.55. The summed E-state index contributed by atoms with van der Waals surface area (Å²) in [4.78, 5) is 13.8. The number of nitrogens with zero attached hydrogens (tertiary/aromatic N) is 1. The molecule has 0 N–H and O–H groups in total. The lowest BCUT2D eigenvalue weighted by Gasteiger charge is -2.28. The van der Waals surface area contributed by atoms with E-state index in [-0.39, 0.29) is 5.91 Å². The van der Waals surface area contributed by atoms with Crippen molar-refractivity contribution in [1.29, 1.82) is 0 Å². The van der Waals surface area contributed by atoms with Crippen LogP contribution in [0.4, 0.5) is 0 Å². The SMILES string of the molecule is COc1ccccc1CN(C)C(=O)C(C)(C)OC. The normalized spacial score (nSPS) is 11.2. The van der Waals surface area contributed by atoms with Crippen LogP contribution in [0.1, 0.15) is 19.4 Å². The fourth-order valence-corrected chi connectivity index (χ4v) is 1.71. The van der Waals surface area contributed by atoms with Crippen LogP contribution in [0, 0.1) is 0 Å². The molecule has 1 aromatic carbocycles. The highest BCUT2D eigenvalue weighted by molar-refractivity contribution is 5.84. The van der Waals surface area contributed by atoms with E-state index >= 15 is 0 Å². The lowest BCUT2D eigenvalue weighted by molar-refractivity contribution is -0.150. The zero-order chi connectivity index (χ0) is 13.8. The number of ether oxygens (including phenoxy) is 2. The second-order valence-electron chi connectivity index (χ2n) is 4.69. The van der Waals surface area contributed by atoms with Gasteiger partial charge in [0.1, 0.15) is 11.4 Å². The summed E-state index contributed by atoms with van der Waals surface area (Å²) in [5, 5.41) is 0. The van der Waals surface area contributed by atoms with E-state index in [9.17, 15) is 4.79 Å². The number of rotatable bonds is 5. The van der Waals surface area contributed by atoms with E-state index in [1.165, 1.54) is 7.11 Å². The molecule has 0 aliphatic carbocycles. The van der Waals surface area contributed by atoms with Crippen molar-refractivity contribution in [1.82, 2.24) is 4.90 Å². The molecule has 0 bridgehead atoms. The molecule has 0 aromatic heterocycles. The van der Waals surface area contributed by atoms with E-state index in [2.05, 4.69) is 0 Å². The smallest absolute Gasteiger partial charge is 0.254 e. The van der Waals surface area contributed by atoms with Gasteiger partial charge in [0.25, 0.3) is 5.91 Å². The molecule has 0 aliphatic rings. The fourth-order valence-electron chi connectivity index (χ4n) is 1.71. The Morgan fingerprint density at radius 3 is 2.44 bits per heavy atom. The number of benzene rings is 1. The molecule has 0 radical (unpaired) electrons. The van der Waals surface area contributed by atoms with Crippen LogP contribution in [0.3, 0.4) is 0 Å². The van der Waals surface area contributed by atoms with Crippen LogP contribution in [0.5, 0.6) is 5.75 Å². The average Bonchev–Trinajstić information content (AvgIpc) is 2.38. The van der Waals surface area contributed by atoms with Gasteiger partial charge in [-0.2, -0.15) is 0 Å². The number of hydrogen-bond donors (Lipinski definition) is 0. The number of para-hydroxylation sites is 1. The van der Waals surface area contributed by atoms with Crippen molar-refractivity contribution >= 4 is 5.91 Å². The standard InChI is InChI=1S/C14H21NO3/c1-14(2,18-5)13(16)15(3)10-11-8-6-7-9-12(11)17-4/h6-9H,10H2,1-5H3. The van der Waals surface area contributed by atoms with Crippen LogP contribution in [-0.4, -0.2) is 37.7 Å². The van der Waals surface area contributed by atoms with Crippen LogP contribution in [-0.2, 0) is 16.1 Å². The summed E-state index contributed by atoms with van der Waals surface area (Å²) in [5.41, 5.74) is 0.166. The molecule has 18 heavy (non-hydrogen) atoms. The second-order valence-corrected chi connectivity index (χ2v) is 4.69. The number of hydrogen-bond acceptors (Lipinski definition) is 3. The van der Waals surface area contributed by atoms with Gasteiger partial charge in [-0.25, -0.2) is 0 Å². The number of methoxy groups -OCH3 is 2. The maximum Gasteiger partial charge on any atom is 0.254 e. The molecule has 100 valence electrons. The third-order valence-electron chi connectivity index (χ3n) is 2.97. The monoisotopic (exact) mass is 251 g/mol. The summed E-state index contributed by atoms with van der Waals surface area (Å²) in [7, 11) is 4.92. The van der Waals surface area contributed by atoms with Crippen LogP contribution < -0.4 is 4.74 Å². The second kappa shape index (κ2) is 5.87. The Kier molecular flexibility index (Phi) is 4.73. The highest BCUT2D eigenvalue weighted by atomic mass is 16.5. The minimum Gasteiger partial charge on any atom is -0.496 e. The summed E-state index contributed by atoms with van der Waals surface area (Å²) >= 11 is 0. The van der Waals surface area contributed by atoms with Crippen molar-refractivity contribution in [2.75, 3.05) is 21.3 Å². The quantitative estimate of drug-likeness (QED) is 0.804. The van der Waals surface area contributed by atoms with Crippen LogP contribution in [0.15, 0.2) is 24.3 Å². The molecule has 0 aliphatic heterocycles. The maximum absolute atomic E-state index is 12.2. The Labute approximate surface area is 108 Å². The van der Waals surface area contributed by atoms with Gasteiger partial charge in [0, 0.05) is 26.3 Å². The lowest BCUT2D eigenvalue weighted by Crippen LogP contribution is -2.44. The van der Waals surface area contributed by atoms with E-state index in [1.54, 1.807) is 32.9 Å². The van der Waals surface area contributed by atoms with Gasteiger partial charge in [-0.05, 0) is 19.9 Å². The average molecular weight is 251 g/mol. The largest absolute Gasteiger partial charge is 0.496 e. The Morgan fingerprint density at radius 1 is 1.28 bits per heavy atom. The summed E-state index contributed by atoms with van der Waals surface area (Å²) in [6.45, 7) is 4.01. The molecular formula is C14H21NO3. The molecule has 0 saturated heterocycles. The molecule has 0 unspecified atom stereocenters. The van der Waals surface area contributed by atoms with Gasteiger partial charge < -0.3 is 14.4 Å². The molecule has 4 nitrogen and oxygen atoms in total. The number of carbonyl (C=O) groups excluding carboxylic acids is 1. The Balaban J connectivity index is 2.82. The van der Waals surface area contributed by atoms with Gasteiger partial charge in [-0.1, -0.05) is 18.2 Å². The first-order chi connectivity index (χ1) is 8.42. The predicted molar refractivity (Wildman–Crippen MR) is 70.6 cm³/mol. The molecule has 1 aromatic rings. The molecule has 0 saturated carbocycles. The van der Waals surface area contributed by atoms with Crippen LogP contribution in [0.2, 0.25) is 0 Å². The van der Waals surface area contributed by atoms with E-state index in [1.807, 2.05) is 24.3 Å². The van der Waals surface area contributed by atoms with E-state index in [4.69, 9.17) is 9.47 Å². The minimum atomic E-state index is -0.809. The first-order valence-corrected chi connectivity index (χ1v) is 5.85. The van der Waals surface area contributed by atoms with Crippen LogP contribution in [0.25, 0.3) is 0 Å². The van der Waals surface area contributed by atoms with Gasteiger partial charge in [0.15, 0.2) is 0 Å². The maximum atomic E-state index is 12.2. The van der Waals surface area contributed by atoms with E-state index < -0.39 is 5.60 Å². The molecule has 1 amide bonds. The number of likely N-dealkylation sites (N-methyl/N-ethyl adjacent to an activating group) is 1. The summed E-state index contributed by atoms with van der Waals surface area (Å²) < 4.78 is 10.5. The van der Waals surface area contributed by atoms with E-state index in [0.717, 1.165) is 11.3 Å². The van der Waals surface area contributed by atoms with Crippen molar-refractivity contribution in [2.24, 2.45) is 0 Å². The van der Waals surface area contributed by atoms with Crippen molar-refractivity contribution < 1.29 is 14.3 Å². The van der Waals surface area contributed by atoms with Crippen molar-refractivity contribution in [2.45, 2.75) is 26.0 Å². The van der Waals surface area contributed by atoms with Crippen molar-refractivity contribution in [3.63, 3.8) is 0 Å². The first-order valence-electron chi connectivity index (χ1n) is 5.85. The number of amides is 1. The summed E-state index contributed by atoms with van der Waals surface area (Å²) in [6.07, 6.45) is 0. The first kappa shape index (κ1) is 14.5. The summed E-state index contributed by atoms with van der Waals surface area (Å²) in [6, 6.07) is 7.67. The molecule has 1 rings (SSSR count). The third kappa shape index (κ3) is 3.23. The molecule has 0 spiro atoms. The van der Waals surface area contributed by atoms with Crippen LogP contribution >= 0.6 is 0 Å².